The number of aliphatic carboxylic acids is 3. The average molecular weight is 434 g/mol. The smallest absolute Gasteiger partial charge is 0.357 e. The molecule has 1 aliphatic rings. The first kappa shape index (κ1) is 24.8. The molecule has 3 atom stereocenters. The van der Waals surface area contributed by atoms with Crippen molar-refractivity contribution in [2.75, 3.05) is 13.2 Å². The zero-order valence-electron chi connectivity index (χ0n) is 15.9. The van der Waals surface area contributed by atoms with Crippen LogP contribution in [-0.2, 0) is 33.5 Å². The predicted molar refractivity (Wildman–Crippen MR) is 91.6 cm³/mol. The average Bonchev–Trinajstić information content (AvgIpc) is 2.93. The van der Waals surface area contributed by atoms with Crippen molar-refractivity contribution in [1.29, 1.82) is 0 Å². The van der Waals surface area contributed by atoms with Crippen LogP contribution in [0.4, 0.5) is 0 Å². The van der Waals surface area contributed by atoms with Crippen LogP contribution in [0.25, 0.3) is 0 Å². The lowest BCUT2D eigenvalue weighted by atomic mass is 9.96. The third kappa shape index (κ3) is 5.64. The number of ether oxygens (including phenoxy) is 1. The first-order chi connectivity index (χ1) is 13.7. The molecule has 1 unspecified atom stereocenters. The lowest BCUT2D eigenvalue weighted by Gasteiger charge is -2.33. The van der Waals surface area contributed by atoms with Gasteiger partial charge in [0, 0.05) is 12.8 Å². The van der Waals surface area contributed by atoms with Crippen LogP contribution in [-0.4, -0.2) is 96.6 Å². The Bertz CT molecular complexity index is 753. The molecule has 0 aromatic rings. The van der Waals surface area contributed by atoms with Gasteiger partial charge in [0.1, 0.15) is 12.6 Å². The molecule has 0 spiro atoms. The number of carboxylic acids is 3. The first-order valence-electron chi connectivity index (χ1n) is 8.63. The Morgan fingerprint density at radius 3 is 2.30 bits per heavy atom. The van der Waals surface area contributed by atoms with Gasteiger partial charge < -0.3 is 35.6 Å². The minimum absolute atomic E-state index is 0.263. The molecule has 0 aromatic carbocycles. The molecule has 14 nitrogen and oxygen atoms in total. The van der Waals surface area contributed by atoms with Crippen LogP contribution in [0.5, 0.6) is 0 Å². The molecule has 1 rings (SSSR count). The third-order valence-electron chi connectivity index (χ3n) is 4.41. The van der Waals surface area contributed by atoms with Crippen LogP contribution in [0.15, 0.2) is 0 Å². The van der Waals surface area contributed by atoms with Crippen molar-refractivity contribution in [1.82, 2.24) is 10.2 Å². The van der Waals surface area contributed by atoms with E-state index in [0.29, 0.717) is 4.90 Å². The van der Waals surface area contributed by atoms with Crippen LogP contribution in [0.1, 0.15) is 32.6 Å². The number of carboxylic acid groups (broad SMARTS) is 3. The topological polar surface area (TPSA) is 228 Å². The van der Waals surface area contributed by atoms with E-state index in [9.17, 15) is 39.0 Å². The fourth-order valence-corrected chi connectivity index (χ4v) is 2.83. The van der Waals surface area contributed by atoms with E-state index in [0.717, 1.165) is 0 Å². The van der Waals surface area contributed by atoms with Gasteiger partial charge in [0.2, 0.25) is 17.5 Å². The molecule has 14 heteroatoms. The van der Waals surface area contributed by atoms with Gasteiger partial charge in [0.25, 0.3) is 0 Å². The fourth-order valence-electron chi connectivity index (χ4n) is 2.83. The molecule has 1 saturated heterocycles. The number of nitrogens with one attached hydrogen (secondary N) is 1. The molecular weight excluding hydrogens is 412 g/mol. The molecule has 0 aliphatic carbocycles. The summed E-state index contributed by atoms with van der Waals surface area (Å²) in [6, 6.07) is -1.36. The molecule has 2 amide bonds. The summed E-state index contributed by atoms with van der Waals surface area (Å²) < 4.78 is 4.63. The summed E-state index contributed by atoms with van der Waals surface area (Å²) >= 11 is 0. The van der Waals surface area contributed by atoms with Gasteiger partial charge in [0.05, 0.1) is 19.4 Å². The van der Waals surface area contributed by atoms with Gasteiger partial charge in [0.15, 0.2) is 5.60 Å². The summed E-state index contributed by atoms with van der Waals surface area (Å²) in [7, 11) is 0. The van der Waals surface area contributed by atoms with Crippen molar-refractivity contribution in [2.24, 2.45) is 0 Å². The quantitative estimate of drug-likeness (QED) is 0.142. The second kappa shape index (κ2) is 9.49. The highest BCUT2D eigenvalue weighted by Crippen LogP contribution is 2.30. The third-order valence-corrected chi connectivity index (χ3v) is 4.41. The van der Waals surface area contributed by atoms with Gasteiger partial charge in [-0.1, -0.05) is 0 Å². The number of likely N-dealkylation sites (tertiary alicyclic amines) is 1. The number of hydrogen-bond donors (Lipinski definition) is 6. The molecule has 0 bridgehead atoms. The van der Waals surface area contributed by atoms with Gasteiger partial charge in [-0.05, 0) is 6.92 Å². The van der Waals surface area contributed by atoms with Crippen molar-refractivity contribution in [3.05, 3.63) is 0 Å². The van der Waals surface area contributed by atoms with Crippen LogP contribution in [0, 0.1) is 0 Å². The second-order valence-electron chi connectivity index (χ2n) is 6.66. The number of rotatable bonds is 11. The van der Waals surface area contributed by atoms with Crippen molar-refractivity contribution in [2.45, 2.75) is 50.0 Å². The highest BCUT2D eigenvalue weighted by Gasteiger charge is 2.53. The predicted octanol–water partition coefficient (Wildman–Crippen LogP) is -2.89. The maximum absolute atomic E-state index is 12.1. The molecule has 30 heavy (non-hydrogen) atoms. The normalized spacial score (nSPS) is 21.4. The summed E-state index contributed by atoms with van der Waals surface area (Å²) in [5.41, 5.74) is -5.39. The molecule has 6 N–H and O–H groups in total. The number of nitrogens with zero attached hydrogens (tertiary/aromatic N) is 1. The Morgan fingerprint density at radius 1 is 1.20 bits per heavy atom. The standard InChI is InChI=1S/C16H22N2O12/c1-8(18-9(19)2-3-16(18,29)14(26)27)12(23)17-4-5-30-11(22)7-15(28,13(24)25)6-10(20)21/h8,28-29H,2-7H2,1H3,(H,17,23)(H,20,21)(H,24,25)(H,26,27)/t8-,15-,16?/m0/s1. The monoisotopic (exact) mass is 434 g/mol. The summed E-state index contributed by atoms with van der Waals surface area (Å²) in [5, 5.41) is 48.7. The van der Waals surface area contributed by atoms with E-state index >= 15 is 0 Å². The lowest BCUT2D eigenvalue weighted by Crippen LogP contribution is -2.59. The van der Waals surface area contributed by atoms with Gasteiger partial charge in [-0.3, -0.25) is 24.1 Å². The molecular formula is C16H22N2O12. The molecule has 0 radical (unpaired) electrons. The van der Waals surface area contributed by atoms with Crippen molar-refractivity contribution in [3.63, 3.8) is 0 Å². The Hall–Kier alpha value is -3.26. The number of aliphatic hydroxyl groups is 2. The van der Waals surface area contributed by atoms with E-state index in [1.54, 1.807) is 0 Å². The van der Waals surface area contributed by atoms with E-state index in [2.05, 4.69) is 10.1 Å². The summed E-state index contributed by atoms with van der Waals surface area (Å²) in [6.45, 7) is 0.376. The van der Waals surface area contributed by atoms with Crippen LogP contribution >= 0.6 is 0 Å². The summed E-state index contributed by atoms with van der Waals surface area (Å²) in [4.78, 5) is 69.0. The maximum atomic E-state index is 12.1. The molecule has 168 valence electrons. The van der Waals surface area contributed by atoms with Crippen LogP contribution in [0.2, 0.25) is 0 Å². The zero-order chi connectivity index (χ0) is 23.3. The largest absolute Gasteiger partial charge is 0.481 e. The number of carbonyl (C=O) groups excluding carboxylic acids is 3. The highest BCUT2D eigenvalue weighted by molar-refractivity contribution is 5.94. The van der Waals surface area contributed by atoms with E-state index < -0.39 is 72.5 Å². The van der Waals surface area contributed by atoms with E-state index in [1.165, 1.54) is 6.92 Å². The van der Waals surface area contributed by atoms with Crippen molar-refractivity contribution in [3.8, 4) is 0 Å². The Kier molecular flexibility index (Phi) is 7.84. The second-order valence-corrected chi connectivity index (χ2v) is 6.66. The summed E-state index contributed by atoms with van der Waals surface area (Å²) in [5.74, 6) is -8.08. The Balaban J connectivity index is 2.55. The van der Waals surface area contributed by atoms with Gasteiger partial charge in [-0.2, -0.15) is 0 Å². The molecule has 0 saturated carbocycles. The van der Waals surface area contributed by atoms with Crippen LogP contribution in [0.3, 0.4) is 0 Å². The number of carbonyl (C=O) groups is 6. The molecule has 1 fully saturated rings. The molecule has 0 aromatic heterocycles. The minimum Gasteiger partial charge on any atom is -0.481 e. The fraction of sp³-hybridized carbons (Fsp3) is 0.625. The first-order valence-corrected chi connectivity index (χ1v) is 8.63. The minimum atomic E-state index is -2.86. The van der Waals surface area contributed by atoms with Crippen molar-refractivity contribution < 1.29 is 59.0 Å². The van der Waals surface area contributed by atoms with Crippen LogP contribution < -0.4 is 5.32 Å². The van der Waals surface area contributed by atoms with Gasteiger partial charge in [-0.25, -0.2) is 9.59 Å². The molecule has 1 heterocycles. The van der Waals surface area contributed by atoms with E-state index in [-0.39, 0.29) is 19.4 Å². The zero-order valence-corrected chi connectivity index (χ0v) is 15.9. The molecule has 1 aliphatic heterocycles. The Morgan fingerprint density at radius 2 is 1.80 bits per heavy atom. The highest BCUT2D eigenvalue weighted by atomic mass is 16.5. The lowest BCUT2D eigenvalue weighted by molar-refractivity contribution is -0.185. The number of hydrogen-bond acceptors (Lipinski definition) is 9. The number of esters is 1. The Labute approximate surface area is 169 Å². The van der Waals surface area contributed by atoms with Gasteiger partial charge in [-0.15, -0.1) is 0 Å². The van der Waals surface area contributed by atoms with E-state index in [4.69, 9.17) is 15.3 Å². The maximum Gasteiger partial charge on any atom is 0.357 e. The number of amides is 2. The van der Waals surface area contributed by atoms with E-state index in [1.807, 2.05) is 0 Å². The summed E-state index contributed by atoms with van der Waals surface area (Å²) in [6.07, 6.45) is -3.03. The SMILES string of the molecule is C[C@@H](C(=O)NCCOC(=O)C[C@@](O)(CC(=O)O)C(=O)O)N1C(=O)CCC1(O)C(=O)O. The van der Waals surface area contributed by atoms with Gasteiger partial charge >= 0.3 is 23.9 Å². The van der Waals surface area contributed by atoms with Crippen molar-refractivity contribution >= 4 is 35.7 Å².